The van der Waals surface area contributed by atoms with Gasteiger partial charge >= 0.3 is 11.2 Å². The zero-order valence-electron chi connectivity index (χ0n) is 9.14. The third-order valence-electron chi connectivity index (χ3n) is 2.43. The van der Waals surface area contributed by atoms with Gasteiger partial charge in [-0.1, -0.05) is 11.6 Å². The number of nitrogens with zero attached hydrogens (tertiary/aromatic N) is 2. The van der Waals surface area contributed by atoms with Gasteiger partial charge in [0.05, 0.1) is 15.1 Å². The van der Waals surface area contributed by atoms with Crippen LogP contribution in [0.1, 0.15) is 19.9 Å². The highest BCUT2D eigenvalue weighted by Crippen LogP contribution is 2.34. The topological polar surface area (TPSA) is 65.1 Å². The molecule has 2 heterocycles. The number of thiophene rings is 1. The van der Waals surface area contributed by atoms with Crippen molar-refractivity contribution < 1.29 is 4.92 Å². The normalized spacial score (nSPS) is 11.3. The van der Waals surface area contributed by atoms with Gasteiger partial charge in [0, 0.05) is 6.04 Å². The third kappa shape index (κ3) is 1.73. The van der Waals surface area contributed by atoms with Gasteiger partial charge in [0.1, 0.15) is 5.02 Å². The monoisotopic (exact) mass is 272 g/mol. The zero-order valence-corrected chi connectivity index (χ0v) is 10.7. The summed E-state index contributed by atoms with van der Waals surface area (Å²) in [6.07, 6.45) is 0. The maximum absolute atomic E-state index is 12.0. The van der Waals surface area contributed by atoms with Crippen molar-refractivity contribution in [1.82, 2.24) is 4.57 Å². The lowest BCUT2D eigenvalue weighted by Crippen LogP contribution is -2.24. The molecule has 0 aliphatic carbocycles. The molecule has 2 aromatic heterocycles. The number of nitro groups is 1. The Kier molecular flexibility index (Phi) is 2.92. The molecule has 0 atom stereocenters. The van der Waals surface area contributed by atoms with E-state index in [1.165, 1.54) is 15.9 Å². The van der Waals surface area contributed by atoms with Gasteiger partial charge in [0.15, 0.2) is 0 Å². The maximum atomic E-state index is 12.0. The Morgan fingerprint density at radius 3 is 2.71 bits per heavy atom. The standard InChI is InChI=1S/C10H9ClN2O3S/c1-5(2)12-6-3-4-17-9(6)7(11)8(10(12)14)13(15)16/h3-5H,1-2H3. The van der Waals surface area contributed by atoms with Gasteiger partial charge < -0.3 is 0 Å². The van der Waals surface area contributed by atoms with Crippen molar-refractivity contribution in [3.63, 3.8) is 0 Å². The second-order valence-corrected chi connectivity index (χ2v) is 5.12. The first-order valence-corrected chi connectivity index (χ1v) is 6.16. The fourth-order valence-corrected chi connectivity index (χ4v) is 2.95. The molecule has 90 valence electrons. The Morgan fingerprint density at radius 2 is 2.18 bits per heavy atom. The maximum Gasteiger partial charge on any atom is 0.353 e. The van der Waals surface area contributed by atoms with Crippen LogP contribution in [0.15, 0.2) is 16.2 Å². The summed E-state index contributed by atoms with van der Waals surface area (Å²) in [5.74, 6) is 0. The lowest BCUT2D eigenvalue weighted by molar-refractivity contribution is -0.386. The first-order valence-electron chi connectivity index (χ1n) is 4.90. The summed E-state index contributed by atoms with van der Waals surface area (Å²) in [4.78, 5) is 22.2. The molecule has 0 aromatic carbocycles. The van der Waals surface area contributed by atoms with Gasteiger partial charge in [-0.05, 0) is 25.3 Å². The van der Waals surface area contributed by atoms with E-state index >= 15 is 0 Å². The summed E-state index contributed by atoms with van der Waals surface area (Å²) in [6, 6.07) is 1.59. The minimum atomic E-state index is -0.720. The van der Waals surface area contributed by atoms with E-state index in [0.717, 1.165) is 0 Å². The van der Waals surface area contributed by atoms with E-state index in [-0.39, 0.29) is 11.1 Å². The Hall–Kier alpha value is -1.40. The van der Waals surface area contributed by atoms with E-state index in [9.17, 15) is 14.9 Å². The molecule has 0 amide bonds. The number of hydrogen-bond donors (Lipinski definition) is 0. The average molecular weight is 273 g/mol. The summed E-state index contributed by atoms with van der Waals surface area (Å²) in [6.45, 7) is 3.60. The van der Waals surface area contributed by atoms with Crippen LogP contribution in [0.2, 0.25) is 5.02 Å². The molecule has 0 fully saturated rings. The van der Waals surface area contributed by atoms with Gasteiger partial charge in [-0.3, -0.25) is 19.5 Å². The lowest BCUT2D eigenvalue weighted by Gasteiger charge is -2.12. The predicted molar refractivity (Wildman–Crippen MR) is 68.1 cm³/mol. The van der Waals surface area contributed by atoms with E-state index in [1.807, 2.05) is 0 Å². The van der Waals surface area contributed by atoms with Crippen molar-refractivity contribution in [3.05, 3.63) is 36.9 Å². The molecular weight excluding hydrogens is 264 g/mol. The summed E-state index contributed by atoms with van der Waals surface area (Å²) in [7, 11) is 0. The minimum Gasteiger partial charge on any atom is -0.299 e. The molecule has 0 saturated carbocycles. The Bertz CT molecular complexity index is 659. The van der Waals surface area contributed by atoms with Crippen molar-refractivity contribution in [2.75, 3.05) is 0 Å². The number of pyridine rings is 1. The van der Waals surface area contributed by atoms with Gasteiger partial charge in [-0.15, -0.1) is 11.3 Å². The van der Waals surface area contributed by atoms with E-state index in [4.69, 9.17) is 11.6 Å². The van der Waals surface area contributed by atoms with Crippen LogP contribution in [-0.2, 0) is 0 Å². The van der Waals surface area contributed by atoms with E-state index in [2.05, 4.69) is 0 Å². The molecule has 0 aliphatic rings. The fourth-order valence-electron chi connectivity index (χ4n) is 1.75. The molecular formula is C10H9ClN2O3S. The average Bonchev–Trinajstić information content (AvgIpc) is 2.65. The largest absolute Gasteiger partial charge is 0.353 e. The van der Waals surface area contributed by atoms with Crippen LogP contribution in [0.4, 0.5) is 5.69 Å². The van der Waals surface area contributed by atoms with Crippen molar-refractivity contribution in [2.24, 2.45) is 0 Å². The number of fused-ring (bicyclic) bond motifs is 1. The van der Waals surface area contributed by atoms with Gasteiger partial charge in [-0.25, -0.2) is 0 Å². The molecule has 17 heavy (non-hydrogen) atoms. The van der Waals surface area contributed by atoms with E-state index in [1.54, 1.807) is 25.3 Å². The number of rotatable bonds is 2. The first kappa shape index (κ1) is 12.1. The minimum absolute atomic E-state index is 0.0677. The van der Waals surface area contributed by atoms with Crippen molar-refractivity contribution in [1.29, 1.82) is 0 Å². The second-order valence-electron chi connectivity index (χ2n) is 3.82. The fraction of sp³-hybridized carbons (Fsp3) is 0.300. The molecule has 7 heteroatoms. The lowest BCUT2D eigenvalue weighted by atomic mass is 10.3. The molecule has 0 spiro atoms. The van der Waals surface area contributed by atoms with Crippen LogP contribution in [0.3, 0.4) is 0 Å². The molecule has 0 N–H and O–H groups in total. The van der Waals surface area contributed by atoms with Gasteiger partial charge in [0.2, 0.25) is 0 Å². The third-order valence-corrected chi connectivity index (χ3v) is 3.83. The Labute approximate surface area is 105 Å². The number of hydrogen-bond acceptors (Lipinski definition) is 4. The number of halogens is 1. The van der Waals surface area contributed by atoms with Crippen LogP contribution in [0.25, 0.3) is 10.2 Å². The highest BCUT2D eigenvalue weighted by atomic mass is 35.5. The zero-order chi connectivity index (χ0) is 12.7. The van der Waals surface area contributed by atoms with Crippen LogP contribution < -0.4 is 5.56 Å². The van der Waals surface area contributed by atoms with Gasteiger partial charge in [-0.2, -0.15) is 0 Å². The quantitative estimate of drug-likeness (QED) is 0.623. The van der Waals surface area contributed by atoms with Crippen LogP contribution in [-0.4, -0.2) is 9.49 Å². The highest BCUT2D eigenvalue weighted by molar-refractivity contribution is 7.17. The second kappa shape index (κ2) is 4.12. The summed E-state index contributed by atoms with van der Waals surface area (Å²) >= 11 is 7.20. The molecule has 0 unspecified atom stereocenters. The summed E-state index contributed by atoms with van der Waals surface area (Å²) in [5.41, 5.74) is -0.554. The molecule has 0 saturated heterocycles. The molecule has 2 rings (SSSR count). The molecule has 5 nitrogen and oxygen atoms in total. The predicted octanol–water partition coefficient (Wildman–Crippen LogP) is 3.21. The molecule has 2 aromatic rings. The van der Waals surface area contributed by atoms with Crippen molar-refractivity contribution >= 4 is 38.8 Å². The smallest absolute Gasteiger partial charge is 0.299 e. The van der Waals surface area contributed by atoms with Crippen molar-refractivity contribution in [2.45, 2.75) is 19.9 Å². The molecule has 0 radical (unpaired) electrons. The highest BCUT2D eigenvalue weighted by Gasteiger charge is 2.26. The molecule has 0 aliphatic heterocycles. The van der Waals surface area contributed by atoms with Crippen LogP contribution in [0.5, 0.6) is 0 Å². The SMILES string of the molecule is CC(C)n1c(=O)c([N+](=O)[O-])c(Cl)c2sccc21. The van der Waals surface area contributed by atoms with E-state index < -0.39 is 16.2 Å². The Balaban J connectivity index is 3.03. The first-order chi connectivity index (χ1) is 7.95. The van der Waals surface area contributed by atoms with E-state index in [0.29, 0.717) is 10.2 Å². The summed E-state index contributed by atoms with van der Waals surface area (Å²) in [5, 5.41) is 12.6. The number of aromatic nitrogens is 1. The molecule has 0 bridgehead atoms. The Morgan fingerprint density at radius 1 is 1.53 bits per heavy atom. The summed E-state index contributed by atoms with van der Waals surface area (Å²) < 4.78 is 1.97. The van der Waals surface area contributed by atoms with Gasteiger partial charge in [0.25, 0.3) is 0 Å². The van der Waals surface area contributed by atoms with Crippen LogP contribution in [0, 0.1) is 10.1 Å². The van der Waals surface area contributed by atoms with Crippen LogP contribution >= 0.6 is 22.9 Å². The van der Waals surface area contributed by atoms with Crippen molar-refractivity contribution in [3.8, 4) is 0 Å².